The van der Waals surface area contributed by atoms with Gasteiger partial charge < -0.3 is 9.47 Å². The molecule has 39 heavy (non-hydrogen) atoms. The quantitative estimate of drug-likeness (QED) is 0.168. The molecule has 2 rings (SSSR count). The number of hydrogen-bond donors (Lipinski definition) is 0. The number of halogens is 11. The highest BCUT2D eigenvalue weighted by atomic mass is 79.9. The molecule has 0 fully saturated rings. The molecule has 0 saturated carbocycles. The Balaban J connectivity index is 3.23. The molecule has 0 bridgehead atoms. The molecule has 0 aliphatic rings. The fraction of sp³-hybridized carbons (Fsp3) is 0.381. The number of carbonyl (C=O) groups excluding carboxylic acids is 1. The van der Waals surface area contributed by atoms with Crippen molar-refractivity contribution in [3.05, 3.63) is 54.8 Å². The molecule has 0 amide bonds. The van der Waals surface area contributed by atoms with E-state index in [2.05, 4.69) is 43.4 Å². The number of anilines is 2. The van der Waals surface area contributed by atoms with Crippen LogP contribution in [0.15, 0.2) is 32.5 Å². The predicted molar refractivity (Wildman–Crippen MR) is 126 cm³/mol. The SMILES string of the molecule is C=Cn1c(N(c2cc(C(F)(F)F)cc(C(F)(F)F)c2Br)C(OCC)C(=O)OCC)nc(C(F)(F)F)c(Br)c1=O. The largest absolute Gasteiger partial charge is 0.463 e. The lowest BCUT2D eigenvalue weighted by Crippen LogP contribution is -2.45. The maximum Gasteiger partial charge on any atom is 0.434 e. The third-order valence-corrected chi connectivity index (χ3v) is 6.25. The Morgan fingerprint density at radius 2 is 1.62 bits per heavy atom. The zero-order chi connectivity index (χ0) is 30.1. The van der Waals surface area contributed by atoms with Gasteiger partial charge in [0.25, 0.3) is 5.56 Å². The molecule has 1 unspecified atom stereocenters. The van der Waals surface area contributed by atoms with Crippen LogP contribution in [0, 0.1) is 0 Å². The summed E-state index contributed by atoms with van der Waals surface area (Å²) in [5, 5.41) is 0. The van der Waals surface area contributed by atoms with Gasteiger partial charge in [0.05, 0.1) is 27.9 Å². The molecule has 1 heterocycles. The van der Waals surface area contributed by atoms with Crippen molar-refractivity contribution in [3.63, 3.8) is 0 Å². The van der Waals surface area contributed by atoms with Gasteiger partial charge in [-0.15, -0.1) is 0 Å². The molecular weight excluding hydrogens is 689 g/mol. The van der Waals surface area contributed by atoms with Crippen molar-refractivity contribution in [2.45, 2.75) is 38.6 Å². The number of benzene rings is 1. The summed E-state index contributed by atoms with van der Waals surface area (Å²) in [7, 11) is 0. The predicted octanol–water partition coefficient (Wildman–Crippen LogP) is 6.99. The molecule has 1 aromatic carbocycles. The zero-order valence-corrected chi connectivity index (χ0v) is 22.7. The van der Waals surface area contributed by atoms with Gasteiger partial charge in [0.1, 0.15) is 4.47 Å². The normalized spacial score (nSPS) is 13.3. The third kappa shape index (κ3) is 6.95. The summed E-state index contributed by atoms with van der Waals surface area (Å²) in [6, 6.07) is -0.137. The maximum atomic E-state index is 13.8. The van der Waals surface area contributed by atoms with E-state index in [1.54, 1.807) is 0 Å². The van der Waals surface area contributed by atoms with Crippen LogP contribution in [0.2, 0.25) is 0 Å². The van der Waals surface area contributed by atoms with E-state index in [0.29, 0.717) is 6.20 Å². The molecule has 0 spiro atoms. The Morgan fingerprint density at radius 1 is 1.03 bits per heavy atom. The van der Waals surface area contributed by atoms with Crippen LogP contribution in [0.3, 0.4) is 0 Å². The van der Waals surface area contributed by atoms with Gasteiger partial charge in [0, 0.05) is 12.8 Å². The second kappa shape index (κ2) is 11.9. The second-order valence-corrected chi connectivity index (χ2v) is 8.80. The van der Waals surface area contributed by atoms with E-state index >= 15 is 0 Å². The van der Waals surface area contributed by atoms with Crippen LogP contribution < -0.4 is 10.5 Å². The van der Waals surface area contributed by atoms with Crippen LogP contribution in [0.5, 0.6) is 0 Å². The molecular formula is C21H16Br2F9N3O4. The highest BCUT2D eigenvalue weighted by Crippen LogP contribution is 2.46. The summed E-state index contributed by atoms with van der Waals surface area (Å²) >= 11 is 5.00. The Labute approximate surface area is 230 Å². The molecule has 1 aromatic heterocycles. The van der Waals surface area contributed by atoms with E-state index in [1.807, 2.05) is 0 Å². The fourth-order valence-corrected chi connectivity index (χ4v) is 4.29. The van der Waals surface area contributed by atoms with Crippen molar-refractivity contribution in [3.8, 4) is 0 Å². The standard InChI is InChI=1S/C21H16Br2F9N3O4/c1-4-34-15(36)13(23)14(21(30,31)32)33-18(34)35(16(38-5-2)17(37)39-6-3)11-8-9(19(24,25)26)7-10(12(11)22)20(27,28)29/h4,7-8,16H,1,5-6H2,2-3H3. The van der Waals surface area contributed by atoms with Crippen LogP contribution in [-0.4, -0.2) is 35.0 Å². The number of esters is 1. The topological polar surface area (TPSA) is 73.7 Å². The van der Waals surface area contributed by atoms with Crippen molar-refractivity contribution in [2.24, 2.45) is 0 Å². The number of ether oxygens (including phenoxy) is 2. The third-order valence-electron chi connectivity index (χ3n) is 4.70. The van der Waals surface area contributed by atoms with Gasteiger partial charge in [0.15, 0.2) is 5.69 Å². The second-order valence-electron chi connectivity index (χ2n) is 7.21. The van der Waals surface area contributed by atoms with E-state index in [-0.39, 0.29) is 28.2 Å². The van der Waals surface area contributed by atoms with Crippen LogP contribution in [-0.2, 0) is 32.8 Å². The molecule has 2 aromatic rings. The Bertz CT molecular complexity index is 1310. The van der Waals surface area contributed by atoms with Crippen LogP contribution in [0.4, 0.5) is 51.1 Å². The number of aromatic nitrogens is 2. The van der Waals surface area contributed by atoms with E-state index in [9.17, 15) is 49.1 Å². The Morgan fingerprint density at radius 3 is 2.05 bits per heavy atom. The molecule has 0 aliphatic heterocycles. The lowest BCUT2D eigenvalue weighted by molar-refractivity contribution is -0.155. The van der Waals surface area contributed by atoms with Gasteiger partial charge in [-0.25, -0.2) is 9.78 Å². The van der Waals surface area contributed by atoms with Crippen LogP contribution in [0.25, 0.3) is 6.20 Å². The molecule has 0 N–H and O–H groups in total. The van der Waals surface area contributed by atoms with Crippen LogP contribution >= 0.6 is 31.9 Å². The van der Waals surface area contributed by atoms with E-state index < -0.39 is 80.3 Å². The van der Waals surface area contributed by atoms with Gasteiger partial charge in [-0.05, 0) is 57.8 Å². The summed E-state index contributed by atoms with van der Waals surface area (Å²) in [5.74, 6) is -2.69. The van der Waals surface area contributed by atoms with E-state index in [1.165, 1.54) is 13.8 Å². The zero-order valence-electron chi connectivity index (χ0n) is 19.6. The van der Waals surface area contributed by atoms with E-state index in [0.717, 1.165) is 0 Å². The minimum atomic E-state index is -5.42. The highest BCUT2D eigenvalue weighted by molar-refractivity contribution is 9.11. The number of nitrogens with zero attached hydrogens (tertiary/aromatic N) is 3. The minimum absolute atomic E-state index is 0.111. The molecule has 1 atom stereocenters. The summed E-state index contributed by atoms with van der Waals surface area (Å²) in [6.45, 7) is 5.00. The average molecular weight is 705 g/mol. The minimum Gasteiger partial charge on any atom is -0.463 e. The summed E-state index contributed by atoms with van der Waals surface area (Å²) < 4.78 is 132. The Kier molecular flexibility index (Phi) is 9.93. The average Bonchev–Trinajstić information content (AvgIpc) is 2.79. The first-order valence-electron chi connectivity index (χ1n) is 10.4. The molecule has 216 valence electrons. The summed E-state index contributed by atoms with van der Waals surface area (Å²) in [4.78, 5) is 29.0. The summed E-state index contributed by atoms with van der Waals surface area (Å²) in [6.07, 6.45) is -17.9. The van der Waals surface area contributed by atoms with Gasteiger partial charge >= 0.3 is 24.5 Å². The first kappa shape index (κ1) is 32.6. The lowest BCUT2D eigenvalue weighted by atomic mass is 10.1. The van der Waals surface area contributed by atoms with Crippen molar-refractivity contribution < 1.29 is 53.8 Å². The molecule has 0 saturated heterocycles. The smallest absolute Gasteiger partial charge is 0.434 e. The van der Waals surface area contributed by atoms with Gasteiger partial charge in [0.2, 0.25) is 12.2 Å². The number of rotatable bonds is 8. The monoisotopic (exact) mass is 703 g/mol. The number of hydrogen-bond acceptors (Lipinski definition) is 6. The maximum absolute atomic E-state index is 13.8. The highest BCUT2D eigenvalue weighted by Gasteiger charge is 2.44. The molecule has 0 radical (unpaired) electrons. The number of alkyl halides is 9. The molecule has 0 aliphatic carbocycles. The fourth-order valence-electron chi connectivity index (χ4n) is 3.14. The molecule has 7 nitrogen and oxygen atoms in total. The van der Waals surface area contributed by atoms with Crippen molar-refractivity contribution >= 4 is 55.7 Å². The number of carbonyl (C=O) groups is 1. The first-order valence-corrected chi connectivity index (χ1v) is 12.0. The lowest BCUT2D eigenvalue weighted by Gasteiger charge is -2.33. The van der Waals surface area contributed by atoms with Crippen molar-refractivity contribution in [1.29, 1.82) is 0 Å². The van der Waals surface area contributed by atoms with Gasteiger partial charge in [-0.2, -0.15) is 39.5 Å². The molecule has 18 heteroatoms. The Hall–Kier alpha value is -2.60. The van der Waals surface area contributed by atoms with Gasteiger partial charge in [-0.1, -0.05) is 6.58 Å². The van der Waals surface area contributed by atoms with Crippen LogP contribution in [0.1, 0.15) is 30.7 Å². The van der Waals surface area contributed by atoms with Crippen molar-refractivity contribution in [1.82, 2.24) is 9.55 Å². The summed E-state index contributed by atoms with van der Waals surface area (Å²) in [5.41, 5.74) is -8.38. The van der Waals surface area contributed by atoms with E-state index in [4.69, 9.17) is 9.47 Å². The van der Waals surface area contributed by atoms with Crippen molar-refractivity contribution in [2.75, 3.05) is 18.1 Å². The van der Waals surface area contributed by atoms with Gasteiger partial charge in [-0.3, -0.25) is 14.3 Å². The first-order chi connectivity index (χ1) is 17.8.